The van der Waals surface area contributed by atoms with Crippen molar-refractivity contribution in [3.63, 3.8) is 0 Å². The fraction of sp³-hybridized carbons (Fsp3) is 0. The number of benzene rings is 9. The van der Waals surface area contributed by atoms with E-state index in [9.17, 15) is 0 Å². The average molecular weight is 806 g/mol. The Balaban J connectivity index is 1.06. The average Bonchev–Trinajstić information content (AvgIpc) is 4.02. The van der Waals surface area contributed by atoms with Gasteiger partial charge in [0.15, 0.2) is 17.5 Å². The quantitative estimate of drug-likeness (QED) is 0.168. The van der Waals surface area contributed by atoms with Crippen LogP contribution in [0.5, 0.6) is 0 Å². The van der Waals surface area contributed by atoms with E-state index >= 15 is 0 Å². The van der Waals surface area contributed by atoms with E-state index in [4.69, 9.17) is 19.4 Å². The zero-order valence-electron chi connectivity index (χ0n) is 33.9. The van der Waals surface area contributed by atoms with Crippen LogP contribution >= 0.6 is 0 Å². The lowest BCUT2D eigenvalue weighted by atomic mass is 9.95. The Morgan fingerprint density at radius 1 is 0.317 bits per heavy atom. The molecule has 0 radical (unpaired) electrons. The van der Waals surface area contributed by atoms with Crippen LogP contribution in [0, 0.1) is 0 Å². The lowest BCUT2D eigenvalue weighted by Gasteiger charge is -2.15. The first kappa shape index (κ1) is 35.2. The number of hydrogen-bond acceptors (Lipinski definition) is 4. The number of rotatable bonds is 6. The molecule has 0 saturated heterocycles. The molecule has 9 aromatic carbocycles. The number of nitrogens with zero attached hydrogens (tertiary/aromatic N) is 5. The maximum atomic E-state index is 6.52. The molecule has 6 heteroatoms. The first-order valence-corrected chi connectivity index (χ1v) is 21.2. The van der Waals surface area contributed by atoms with Crippen LogP contribution in [0.4, 0.5) is 0 Å². The van der Waals surface area contributed by atoms with Gasteiger partial charge in [0.25, 0.3) is 0 Å². The smallest absolute Gasteiger partial charge is 0.167 e. The van der Waals surface area contributed by atoms with Gasteiger partial charge in [-0.1, -0.05) is 152 Å². The van der Waals surface area contributed by atoms with Gasteiger partial charge in [-0.2, -0.15) is 0 Å². The Kier molecular flexibility index (Phi) is 7.80. The lowest BCUT2D eigenvalue weighted by molar-refractivity contribution is 0.669. The second-order valence-electron chi connectivity index (χ2n) is 15.9. The second-order valence-corrected chi connectivity index (χ2v) is 15.9. The molecule has 13 aromatic rings. The van der Waals surface area contributed by atoms with Crippen LogP contribution in [0.1, 0.15) is 0 Å². The van der Waals surface area contributed by atoms with Gasteiger partial charge in [0.2, 0.25) is 0 Å². The van der Waals surface area contributed by atoms with Gasteiger partial charge in [-0.15, -0.1) is 0 Å². The second kappa shape index (κ2) is 14.0. The molecule has 0 unspecified atom stereocenters. The first-order valence-electron chi connectivity index (χ1n) is 21.2. The normalized spacial score (nSPS) is 11.8. The van der Waals surface area contributed by atoms with E-state index in [1.165, 1.54) is 43.7 Å². The Morgan fingerprint density at radius 3 is 1.52 bits per heavy atom. The molecule has 294 valence electrons. The highest BCUT2D eigenvalue weighted by Crippen LogP contribution is 2.45. The van der Waals surface area contributed by atoms with Crippen molar-refractivity contribution in [3.8, 4) is 56.7 Å². The van der Waals surface area contributed by atoms with Crippen molar-refractivity contribution in [1.82, 2.24) is 24.1 Å². The molecular weight excluding hydrogens is 771 g/mol. The van der Waals surface area contributed by atoms with Gasteiger partial charge in [0.1, 0.15) is 11.2 Å². The summed E-state index contributed by atoms with van der Waals surface area (Å²) in [6.45, 7) is 0. The van der Waals surface area contributed by atoms with E-state index < -0.39 is 0 Å². The SMILES string of the molecule is c1ccc(-c2nc(-c3ccccc3-n3c4ccccc4c4c(-c5cccc6c5c5ccccc5n6-c5ccccc5)cccc43)nc(-c3cccc4c3oc3ccccc34)n2)cc1. The number of fused-ring (bicyclic) bond motifs is 9. The van der Waals surface area contributed by atoms with E-state index in [0.29, 0.717) is 17.5 Å². The van der Waals surface area contributed by atoms with Crippen molar-refractivity contribution in [2.45, 2.75) is 0 Å². The predicted octanol–water partition coefficient (Wildman–Crippen LogP) is 14.6. The van der Waals surface area contributed by atoms with Crippen molar-refractivity contribution in [3.05, 3.63) is 212 Å². The number of para-hydroxylation sites is 6. The molecule has 4 aromatic heterocycles. The van der Waals surface area contributed by atoms with Gasteiger partial charge in [0.05, 0.1) is 33.3 Å². The molecule has 0 fully saturated rings. The van der Waals surface area contributed by atoms with Crippen LogP contribution in [-0.4, -0.2) is 24.1 Å². The molecule has 13 rings (SSSR count). The molecule has 4 heterocycles. The van der Waals surface area contributed by atoms with Crippen LogP contribution in [0.15, 0.2) is 217 Å². The third kappa shape index (κ3) is 5.41. The molecule has 0 aliphatic carbocycles. The van der Waals surface area contributed by atoms with Crippen LogP contribution < -0.4 is 0 Å². The van der Waals surface area contributed by atoms with Crippen LogP contribution in [-0.2, 0) is 0 Å². The predicted molar refractivity (Wildman–Crippen MR) is 258 cm³/mol. The van der Waals surface area contributed by atoms with Crippen molar-refractivity contribution in [2.24, 2.45) is 0 Å². The van der Waals surface area contributed by atoms with Crippen molar-refractivity contribution >= 4 is 65.6 Å². The highest BCUT2D eigenvalue weighted by molar-refractivity contribution is 6.22. The van der Waals surface area contributed by atoms with Crippen molar-refractivity contribution in [1.29, 1.82) is 0 Å². The third-order valence-electron chi connectivity index (χ3n) is 12.4. The summed E-state index contributed by atoms with van der Waals surface area (Å²) in [6, 6.07) is 74.4. The summed E-state index contributed by atoms with van der Waals surface area (Å²) in [6.07, 6.45) is 0. The van der Waals surface area contributed by atoms with E-state index in [-0.39, 0.29) is 0 Å². The fourth-order valence-electron chi connectivity index (χ4n) is 9.72. The third-order valence-corrected chi connectivity index (χ3v) is 12.4. The van der Waals surface area contributed by atoms with Crippen LogP contribution in [0.25, 0.3) is 122 Å². The zero-order valence-corrected chi connectivity index (χ0v) is 33.9. The Bertz CT molecular complexity index is 3920. The summed E-state index contributed by atoms with van der Waals surface area (Å²) in [5, 5.41) is 6.88. The van der Waals surface area contributed by atoms with Gasteiger partial charge < -0.3 is 13.6 Å². The first-order chi connectivity index (χ1) is 31.3. The molecule has 0 N–H and O–H groups in total. The summed E-state index contributed by atoms with van der Waals surface area (Å²) in [5.74, 6) is 1.71. The van der Waals surface area contributed by atoms with E-state index in [0.717, 1.165) is 61.0 Å². The number of hydrogen-bond donors (Lipinski definition) is 0. The Labute approximate surface area is 361 Å². The van der Waals surface area contributed by atoms with Gasteiger partial charge in [0, 0.05) is 49.1 Å². The van der Waals surface area contributed by atoms with Gasteiger partial charge in [-0.25, -0.2) is 15.0 Å². The van der Waals surface area contributed by atoms with E-state index in [1.54, 1.807) is 0 Å². The molecule has 6 nitrogen and oxygen atoms in total. The highest BCUT2D eigenvalue weighted by atomic mass is 16.3. The molecule has 0 aliphatic rings. The minimum Gasteiger partial charge on any atom is -0.455 e. The molecule has 0 aliphatic heterocycles. The summed E-state index contributed by atoms with van der Waals surface area (Å²) >= 11 is 0. The van der Waals surface area contributed by atoms with Crippen LogP contribution in [0.3, 0.4) is 0 Å². The molecule has 63 heavy (non-hydrogen) atoms. The summed E-state index contributed by atoms with van der Waals surface area (Å²) < 4.78 is 11.3. The Hall–Kier alpha value is -8.61. The highest BCUT2D eigenvalue weighted by Gasteiger charge is 2.24. The van der Waals surface area contributed by atoms with Gasteiger partial charge in [-0.05, 0) is 71.8 Å². The largest absolute Gasteiger partial charge is 0.455 e. The summed E-state index contributed by atoms with van der Waals surface area (Å²) in [4.78, 5) is 15.7. The van der Waals surface area contributed by atoms with Crippen molar-refractivity contribution in [2.75, 3.05) is 0 Å². The molecule has 0 amide bonds. The monoisotopic (exact) mass is 805 g/mol. The number of aromatic nitrogens is 5. The number of furan rings is 1. The van der Waals surface area contributed by atoms with Crippen LogP contribution in [0.2, 0.25) is 0 Å². The Morgan fingerprint density at radius 2 is 0.794 bits per heavy atom. The summed E-state index contributed by atoms with van der Waals surface area (Å²) in [5.41, 5.74) is 13.2. The van der Waals surface area contributed by atoms with Crippen molar-refractivity contribution < 1.29 is 4.42 Å². The summed E-state index contributed by atoms with van der Waals surface area (Å²) in [7, 11) is 0. The van der Waals surface area contributed by atoms with E-state index in [1.807, 2.05) is 54.6 Å². The van der Waals surface area contributed by atoms with Gasteiger partial charge >= 0.3 is 0 Å². The molecule has 0 saturated carbocycles. The fourth-order valence-corrected chi connectivity index (χ4v) is 9.72. The molecule has 0 bridgehead atoms. The lowest BCUT2D eigenvalue weighted by Crippen LogP contribution is -2.03. The molecule has 0 spiro atoms. The maximum Gasteiger partial charge on any atom is 0.167 e. The maximum absolute atomic E-state index is 6.52. The standard InChI is InChI=1S/C57H35N5O/c1-3-18-36(19-4-1)55-58-56(60-57(59-55)45-29-15-28-41-38-22-10-14-35-51(38)63-54(41)45)44-25-9-13-32-48(44)62-47-31-12-8-24-43(47)53-40(27-17-34-50(53)62)39-26-16-33-49-52(39)42-23-7-11-30-46(42)61(49)37-20-5-2-6-21-37/h1-35H. The minimum atomic E-state index is 0.547. The minimum absolute atomic E-state index is 0.547. The van der Waals surface area contributed by atoms with Gasteiger partial charge in [-0.3, -0.25) is 0 Å². The van der Waals surface area contributed by atoms with E-state index in [2.05, 4.69) is 167 Å². The molecule has 0 atom stereocenters. The molecular formula is C57H35N5O. The topological polar surface area (TPSA) is 61.7 Å². The zero-order chi connectivity index (χ0) is 41.4.